The number of benzene rings is 2. The Labute approximate surface area is 145 Å². The van der Waals surface area contributed by atoms with Gasteiger partial charge in [-0.1, -0.05) is 42.0 Å². The maximum atomic E-state index is 12.1. The quantitative estimate of drug-likeness (QED) is 0.816. The maximum absolute atomic E-state index is 12.1. The standard InChI is InChI=1S/C19H19NO5/c1-12-3-8-16(13(2)9-12)18(22)25-11-15-6-4-14(5-7-15)10-17(21)20-19(23)24/h3-9H,10-11H2,1-2H3,(H,20,21)(H,23,24). The van der Waals surface area contributed by atoms with E-state index < -0.39 is 12.0 Å². The number of hydrogen-bond acceptors (Lipinski definition) is 4. The minimum Gasteiger partial charge on any atom is -0.465 e. The Morgan fingerprint density at radius 2 is 1.64 bits per heavy atom. The van der Waals surface area contributed by atoms with Gasteiger partial charge in [0.1, 0.15) is 6.61 Å². The Hall–Kier alpha value is -3.15. The number of esters is 1. The first-order chi connectivity index (χ1) is 11.8. The molecule has 0 heterocycles. The fraction of sp³-hybridized carbons (Fsp3) is 0.211. The molecule has 25 heavy (non-hydrogen) atoms. The first-order valence-electron chi connectivity index (χ1n) is 7.70. The molecule has 6 nitrogen and oxygen atoms in total. The highest BCUT2D eigenvalue weighted by Crippen LogP contribution is 2.13. The van der Waals surface area contributed by atoms with Crippen molar-refractivity contribution >= 4 is 18.0 Å². The van der Waals surface area contributed by atoms with Gasteiger partial charge in [-0.15, -0.1) is 0 Å². The van der Waals surface area contributed by atoms with E-state index >= 15 is 0 Å². The minimum atomic E-state index is -1.38. The summed E-state index contributed by atoms with van der Waals surface area (Å²) >= 11 is 0. The van der Waals surface area contributed by atoms with Gasteiger partial charge in [-0.25, -0.2) is 9.59 Å². The van der Waals surface area contributed by atoms with Crippen molar-refractivity contribution in [2.75, 3.05) is 0 Å². The van der Waals surface area contributed by atoms with Crippen LogP contribution in [0.15, 0.2) is 42.5 Å². The Morgan fingerprint density at radius 1 is 1.00 bits per heavy atom. The van der Waals surface area contributed by atoms with E-state index in [0.29, 0.717) is 11.1 Å². The normalized spacial score (nSPS) is 10.2. The third kappa shape index (κ3) is 5.46. The van der Waals surface area contributed by atoms with Crippen molar-refractivity contribution in [3.05, 3.63) is 70.3 Å². The molecule has 2 N–H and O–H groups in total. The third-order valence-corrected chi connectivity index (χ3v) is 3.61. The van der Waals surface area contributed by atoms with Crippen LogP contribution in [0.1, 0.15) is 32.6 Å². The zero-order valence-electron chi connectivity index (χ0n) is 14.0. The summed E-state index contributed by atoms with van der Waals surface area (Å²) in [6.45, 7) is 3.94. The number of ether oxygens (including phenoxy) is 1. The molecule has 0 atom stereocenters. The van der Waals surface area contributed by atoms with Crippen LogP contribution in [0.25, 0.3) is 0 Å². The molecule has 0 spiro atoms. The van der Waals surface area contributed by atoms with Crippen molar-refractivity contribution in [2.45, 2.75) is 26.9 Å². The summed E-state index contributed by atoms with van der Waals surface area (Å²) in [6, 6.07) is 12.4. The number of rotatable bonds is 5. The molecule has 0 aliphatic heterocycles. The lowest BCUT2D eigenvalue weighted by atomic mass is 10.1. The molecule has 2 aromatic rings. The zero-order valence-corrected chi connectivity index (χ0v) is 14.0. The van der Waals surface area contributed by atoms with Crippen molar-refractivity contribution in [2.24, 2.45) is 0 Å². The van der Waals surface area contributed by atoms with E-state index in [0.717, 1.165) is 16.7 Å². The van der Waals surface area contributed by atoms with Crippen LogP contribution in [0, 0.1) is 13.8 Å². The molecule has 2 aromatic carbocycles. The van der Waals surface area contributed by atoms with Gasteiger partial charge in [0.25, 0.3) is 0 Å². The topological polar surface area (TPSA) is 92.7 Å². The highest BCUT2D eigenvalue weighted by molar-refractivity contribution is 5.92. The Bertz CT molecular complexity index is 796. The second-order valence-corrected chi connectivity index (χ2v) is 5.74. The van der Waals surface area contributed by atoms with E-state index in [9.17, 15) is 14.4 Å². The summed E-state index contributed by atoms with van der Waals surface area (Å²) in [5.74, 6) is -0.982. The SMILES string of the molecule is Cc1ccc(C(=O)OCc2ccc(CC(=O)NC(=O)O)cc2)c(C)c1. The van der Waals surface area contributed by atoms with Crippen molar-refractivity contribution in [1.82, 2.24) is 5.32 Å². The fourth-order valence-electron chi connectivity index (χ4n) is 2.37. The number of carboxylic acid groups (broad SMARTS) is 1. The molecule has 0 aliphatic rings. The second-order valence-electron chi connectivity index (χ2n) is 5.74. The molecular formula is C19H19NO5. The predicted molar refractivity (Wildman–Crippen MR) is 91.3 cm³/mol. The van der Waals surface area contributed by atoms with Crippen LogP contribution in [-0.4, -0.2) is 23.1 Å². The van der Waals surface area contributed by atoms with Gasteiger partial charge in [-0.05, 0) is 36.6 Å². The predicted octanol–water partition coefficient (Wildman–Crippen LogP) is 3.00. The van der Waals surface area contributed by atoms with Crippen LogP contribution in [0.5, 0.6) is 0 Å². The smallest absolute Gasteiger partial charge is 0.411 e. The molecule has 0 aromatic heterocycles. The molecule has 2 rings (SSSR count). The van der Waals surface area contributed by atoms with Crippen LogP contribution in [0.4, 0.5) is 4.79 Å². The molecule has 0 saturated heterocycles. The summed E-state index contributed by atoms with van der Waals surface area (Å²) in [5.41, 5.74) is 3.93. The largest absolute Gasteiger partial charge is 0.465 e. The van der Waals surface area contributed by atoms with Gasteiger partial charge in [0.05, 0.1) is 12.0 Å². The summed E-state index contributed by atoms with van der Waals surface area (Å²) in [5, 5.41) is 10.3. The molecule has 0 unspecified atom stereocenters. The molecule has 130 valence electrons. The van der Waals surface area contributed by atoms with Crippen LogP contribution in [-0.2, 0) is 22.6 Å². The lowest BCUT2D eigenvalue weighted by Crippen LogP contribution is -2.29. The number of imide groups is 1. The van der Waals surface area contributed by atoms with E-state index in [1.54, 1.807) is 35.6 Å². The van der Waals surface area contributed by atoms with Crippen LogP contribution >= 0.6 is 0 Å². The number of amides is 2. The molecule has 6 heteroatoms. The minimum absolute atomic E-state index is 0.0328. The lowest BCUT2D eigenvalue weighted by molar-refractivity contribution is -0.119. The highest BCUT2D eigenvalue weighted by atomic mass is 16.5. The number of hydrogen-bond donors (Lipinski definition) is 2. The third-order valence-electron chi connectivity index (χ3n) is 3.61. The van der Waals surface area contributed by atoms with Crippen molar-refractivity contribution in [3.63, 3.8) is 0 Å². The molecule has 0 fully saturated rings. The van der Waals surface area contributed by atoms with E-state index in [1.807, 2.05) is 26.0 Å². The Morgan fingerprint density at radius 3 is 2.24 bits per heavy atom. The molecule has 0 aliphatic carbocycles. The van der Waals surface area contributed by atoms with Gasteiger partial charge in [0, 0.05) is 0 Å². The van der Waals surface area contributed by atoms with Crippen LogP contribution in [0.3, 0.4) is 0 Å². The van der Waals surface area contributed by atoms with Gasteiger partial charge in [-0.3, -0.25) is 10.1 Å². The average molecular weight is 341 g/mol. The fourth-order valence-corrected chi connectivity index (χ4v) is 2.37. The molecule has 0 bridgehead atoms. The summed E-state index contributed by atoms with van der Waals surface area (Å²) in [4.78, 5) is 33.9. The highest BCUT2D eigenvalue weighted by Gasteiger charge is 2.11. The monoisotopic (exact) mass is 341 g/mol. The number of aryl methyl sites for hydroxylation is 2. The van der Waals surface area contributed by atoms with Gasteiger partial charge in [0.2, 0.25) is 5.91 Å². The van der Waals surface area contributed by atoms with Crippen molar-refractivity contribution < 1.29 is 24.2 Å². The Balaban J connectivity index is 1.92. The molecular weight excluding hydrogens is 322 g/mol. The maximum Gasteiger partial charge on any atom is 0.411 e. The van der Waals surface area contributed by atoms with Crippen LogP contribution in [0.2, 0.25) is 0 Å². The number of carbonyl (C=O) groups excluding carboxylic acids is 2. The van der Waals surface area contributed by atoms with Gasteiger partial charge in [0.15, 0.2) is 0 Å². The van der Waals surface area contributed by atoms with Crippen molar-refractivity contribution in [3.8, 4) is 0 Å². The van der Waals surface area contributed by atoms with E-state index in [-0.39, 0.29) is 19.0 Å². The number of nitrogens with one attached hydrogen (secondary N) is 1. The average Bonchev–Trinajstić information content (AvgIpc) is 2.53. The molecule has 0 saturated carbocycles. The lowest BCUT2D eigenvalue weighted by Gasteiger charge is -2.08. The number of carbonyl (C=O) groups is 3. The summed E-state index contributed by atoms with van der Waals surface area (Å²) in [6.07, 6.45) is -1.41. The van der Waals surface area contributed by atoms with E-state index in [4.69, 9.17) is 9.84 Å². The first kappa shape index (κ1) is 18.2. The second kappa shape index (κ2) is 8.10. The van der Waals surface area contributed by atoms with Crippen LogP contribution < -0.4 is 5.32 Å². The summed E-state index contributed by atoms with van der Waals surface area (Å²) in [7, 11) is 0. The first-order valence-corrected chi connectivity index (χ1v) is 7.70. The van der Waals surface area contributed by atoms with Gasteiger partial charge < -0.3 is 9.84 Å². The molecule has 0 radical (unpaired) electrons. The van der Waals surface area contributed by atoms with Gasteiger partial charge in [-0.2, -0.15) is 0 Å². The molecule has 2 amide bonds. The van der Waals surface area contributed by atoms with Gasteiger partial charge >= 0.3 is 12.1 Å². The van der Waals surface area contributed by atoms with Crippen molar-refractivity contribution in [1.29, 1.82) is 0 Å². The zero-order chi connectivity index (χ0) is 18.4. The Kier molecular flexibility index (Phi) is 5.89. The van der Waals surface area contributed by atoms with E-state index in [1.165, 1.54) is 0 Å². The van der Waals surface area contributed by atoms with E-state index in [2.05, 4.69) is 0 Å². The summed E-state index contributed by atoms with van der Waals surface area (Å²) < 4.78 is 5.31.